The second-order valence-corrected chi connectivity index (χ2v) is 8.48. The first-order valence-corrected chi connectivity index (χ1v) is 11.0. The number of rotatable bonds is 4. The van der Waals surface area contributed by atoms with Crippen LogP contribution in [0.15, 0.2) is 48.5 Å². The molecule has 3 atom stereocenters. The lowest BCUT2D eigenvalue weighted by atomic mass is 10.0. The van der Waals surface area contributed by atoms with Crippen molar-refractivity contribution in [3.05, 3.63) is 59.7 Å². The molecule has 3 rings (SSSR count). The van der Waals surface area contributed by atoms with E-state index >= 15 is 0 Å². The Morgan fingerprint density at radius 3 is 2.69 bits per heavy atom. The van der Waals surface area contributed by atoms with Gasteiger partial charge < -0.3 is 25.0 Å². The summed E-state index contributed by atoms with van der Waals surface area (Å²) in [6, 6.07) is 14.8. The van der Waals surface area contributed by atoms with Crippen LogP contribution in [0.4, 0.5) is 5.69 Å². The van der Waals surface area contributed by atoms with Crippen molar-refractivity contribution < 1.29 is 19.1 Å². The summed E-state index contributed by atoms with van der Waals surface area (Å²) in [7, 11) is 3.43. The molecule has 0 saturated heterocycles. The predicted molar refractivity (Wildman–Crippen MR) is 125 cm³/mol. The zero-order valence-electron chi connectivity index (χ0n) is 19.3. The first-order chi connectivity index (χ1) is 15.4. The summed E-state index contributed by atoms with van der Waals surface area (Å²) in [5.41, 5.74) is 1.90. The highest BCUT2D eigenvalue weighted by atomic mass is 16.5. The van der Waals surface area contributed by atoms with Crippen LogP contribution in [0.5, 0.6) is 5.75 Å². The van der Waals surface area contributed by atoms with Gasteiger partial charge in [0.15, 0.2) is 0 Å². The molecule has 1 aliphatic heterocycles. The van der Waals surface area contributed by atoms with Crippen molar-refractivity contribution in [1.29, 1.82) is 0 Å². The number of benzene rings is 2. The monoisotopic (exact) mass is 439 g/mol. The van der Waals surface area contributed by atoms with Gasteiger partial charge in [0.25, 0.3) is 5.91 Å². The third-order valence-electron chi connectivity index (χ3n) is 5.72. The lowest BCUT2D eigenvalue weighted by Crippen LogP contribution is -2.44. The van der Waals surface area contributed by atoms with Gasteiger partial charge in [-0.2, -0.15) is 0 Å². The van der Waals surface area contributed by atoms with Gasteiger partial charge in [-0.25, -0.2) is 0 Å². The van der Waals surface area contributed by atoms with Crippen molar-refractivity contribution in [3.8, 4) is 5.75 Å². The molecule has 2 aromatic rings. The number of carbonyl (C=O) groups is 2. The fourth-order valence-corrected chi connectivity index (χ4v) is 3.72. The number of fused-ring (bicyclic) bond motifs is 1. The van der Waals surface area contributed by atoms with Gasteiger partial charge in [0, 0.05) is 39.0 Å². The Labute approximate surface area is 190 Å². The zero-order chi connectivity index (χ0) is 23.1. The molecule has 1 aliphatic rings. The molecule has 0 aromatic heterocycles. The summed E-state index contributed by atoms with van der Waals surface area (Å²) >= 11 is 0. The van der Waals surface area contributed by atoms with Gasteiger partial charge in [0.05, 0.1) is 18.1 Å². The van der Waals surface area contributed by atoms with Crippen LogP contribution in [0, 0.1) is 5.92 Å². The van der Waals surface area contributed by atoms with E-state index in [-0.39, 0.29) is 36.3 Å². The molecule has 7 heteroatoms. The summed E-state index contributed by atoms with van der Waals surface area (Å²) in [5.74, 6) is 0.408. The molecule has 0 unspecified atom stereocenters. The number of nitrogens with one attached hydrogen (secondary N) is 2. The van der Waals surface area contributed by atoms with Crippen LogP contribution in [-0.4, -0.2) is 62.7 Å². The number of hydrogen-bond donors (Lipinski definition) is 2. The molecular formula is C25H33N3O4. The van der Waals surface area contributed by atoms with Gasteiger partial charge >= 0.3 is 0 Å². The maximum absolute atomic E-state index is 13.3. The van der Waals surface area contributed by atoms with Crippen LogP contribution >= 0.6 is 0 Å². The van der Waals surface area contributed by atoms with Gasteiger partial charge in [-0.05, 0) is 36.6 Å². The van der Waals surface area contributed by atoms with Crippen LogP contribution < -0.4 is 15.4 Å². The van der Waals surface area contributed by atoms with E-state index in [9.17, 15) is 9.59 Å². The third-order valence-corrected chi connectivity index (χ3v) is 5.72. The van der Waals surface area contributed by atoms with E-state index < -0.39 is 0 Å². The van der Waals surface area contributed by atoms with E-state index in [0.29, 0.717) is 30.2 Å². The standard InChI is InChI=1S/C25H33N3O4/c1-17-14-26-18(2)16-32-22-11-10-20(27-24(29)12-19-8-6-5-7-9-19)13-21(22)25(30)28(3)15-23(17)31-4/h5-11,13,17-18,23,26H,12,14-16H2,1-4H3,(H,27,29)/t17-,18-,23+/m1/s1. The first-order valence-electron chi connectivity index (χ1n) is 11.0. The average Bonchev–Trinajstić information content (AvgIpc) is 2.79. The van der Waals surface area contributed by atoms with Gasteiger partial charge in [-0.3, -0.25) is 9.59 Å². The number of ether oxygens (including phenoxy) is 2. The van der Waals surface area contributed by atoms with Crippen LogP contribution in [-0.2, 0) is 16.0 Å². The topological polar surface area (TPSA) is 79.9 Å². The molecule has 2 aromatic carbocycles. The summed E-state index contributed by atoms with van der Waals surface area (Å²) in [5, 5.41) is 6.36. The number of amides is 2. The Bertz CT molecular complexity index is 919. The van der Waals surface area contributed by atoms with Crippen molar-refractivity contribution in [2.45, 2.75) is 32.4 Å². The van der Waals surface area contributed by atoms with E-state index in [2.05, 4.69) is 17.6 Å². The maximum atomic E-state index is 13.3. The number of anilines is 1. The normalized spacial score (nSPS) is 22.2. The summed E-state index contributed by atoms with van der Waals surface area (Å²) in [6.45, 7) is 5.80. The molecule has 0 bridgehead atoms. The fraction of sp³-hybridized carbons (Fsp3) is 0.440. The number of methoxy groups -OCH3 is 1. The number of likely N-dealkylation sites (N-methyl/N-ethyl adjacent to an activating group) is 1. The van der Waals surface area contributed by atoms with Gasteiger partial charge in [-0.1, -0.05) is 37.3 Å². The van der Waals surface area contributed by atoms with Crippen LogP contribution in [0.2, 0.25) is 0 Å². The van der Waals surface area contributed by atoms with E-state index in [1.54, 1.807) is 37.3 Å². The molecule has 1 heterocycles. The molecule has 0 aliphatic carbocycles. The lowest BCUT2D eigenvalue weighted by molar-refractivity contribution is -0.115. The molecule has 7 nitrogen and oxygen atoms in total. The highest BCUT2D eigenvalue weighted by Gasteiger charge is 2.25. The molecule has 0 fully saturated rings. The minimum atomic E-state index is -0.172. The van der Waals surface area contributed by atoms with Crippen LogP contribution in [0.25, 0.3) is 0 Å². The Hall–Kier alpha value is -2.90. The second-order valence-electron chi connectivity index (χ2n) is 8.48. The SMILES string of the molecule is CO[C@H]1CN(C)C(=O)c2cc(NC(=O)Cc3ccccc3)ccc2OC[C@@H](C)NC[C@H]1C. The highest BCUT2D eigenvalue weighted by molar-refractivity contribution is 5.99. The van der Waals surface area contributed by atoms with Gasteiger partial charge in [0.2, 0.25) is 5.91 Å². The summed E-state index contributed by atoms with van der Waals surface area (Å²) in [6.07, 6.45) is 0.167. The molecule has 172 valence electrons. The molecule has 32 heavy (non-hydrogen) atoms. The first kappa shape index (κ1) is 23.8. The van der Waals surface area contributed by atoms with Crippen molar-refractivity contribution in [1.82, 2.24) is 10.2 Å². The van der Waals surface area contributed by atoms with E-state index in [1.165, 1.54) is 0 Å². The lowest BCUT2D eigenvalue weighted by Gasteiger charge is -2.30. The van der Waals surface area contributed by atoms with Crippen LogP contribution in [0.1, 0.15) is 29.8 Å². The smallest absolute Gasteiger partial charge is 0.257 e. The Kier molecular flexibility index (Phi) is 8.25. The third kappa shape index (κ3) is 6.31. The Morgan fingerprint density at radius 2 is 1.97 bits per heavy atom. The molecule has 2 N–H and O–H groups in total. The zero-order valence-corrected chi connectivity index (χ0v) is 19.3. The Morgan fingerprint density at radius 1 is 1.22 bits per heavy atom. The number of nitrogens with zero attached hydrogens (tertiary/aromatic N) is 1. The molecule has 0 saturated carbocycles. The van der Waals surface area contributed by atoms with E-state index in [4.69, 9.17) is 9.47 Å². The van der Waals surface area contributed by atoms with Crippen molar-refractivity contribution in [3.63, 3.8) is 0 Å². The van der Waals surface area contributed by atoms with Crippen molar-refractivity contribution in [2.75, 3.05) is 39.2 Å². The molecule has 2 amide bonds. The maximum Gasteiger partial charge on any atom is 0.257 e. The second kappa shape index (κ2) is 11.1. The largest absolute Gasteiger partial charge is 0.491 e. The molecule has 0 spiro atoms. The van der Waals surface area contributed by atoms with Gasteiger partial charge in [0.1, 0.15) is 12.4 Å². The summed E-state index contributed by atoms with van der Waals surface area (Å²) in [4.78, 5) is 27.4. The minimum absolute atomic E-state index is 0.0961. The van der Waals surface area contributed by atoms with Crippen molar-refractivity contribution >= 4 is 17.5 Å². The Balaban J connectivity index is 1.82. The van der Waals surface area contributed by atoms with E-state index in [1.807, 2.05) is 37.3 Å². The van der Waals surface area contributed by atoms with Gasteiger partial charge in [-0.15, -0.1) is 0 Å². The summed E-state index contributed by atoms with van der Waals surface area (Å²) < 4.78 is 11.6. The predicted octanol–water partition coefficient (Wildman–Crippen LogP) is 2.96. The quantitative estimate of drug-likeness (QED) is 0.766. The molecular weight excluding hydrogens is 406 g/mol. The molecule has 0 radical (unpaired) electrons. The average molecular weight is 440 g/mol. The highest BCUT2D eigenvalue weighted by Crippen LogP contribution is 2.26. The van der Waals surface area contributed by atoms with Crippen molar-refractivity contribution in [2.24, 2.45) is 5.92 Å². The fourth-order valence-electron chi connectivity index (χ4n) is 3.72. The van der Waals surface area contributed by atoms with Crippen LogP contribution in [0.3, 0.4) is 0 Å². The number of carbonyl (C=O) groups excluding carboxylic acids is 2. The van der Waals surface area contributed by atoms with E-state index in [0.717, 1.165) is 12.1 Å². The number of hydrogen-bond acceptors (Lipinski definition) is 5. The minimum Gasteiger partial charge on any atom is -0.491 e.